The molecule has 12 heavy (non-hydrogen) atoms. The third-order valence-corrected chi connectivity index (χ3v) is 1.57. The van der Waals surface area contributed by atoms with Crippen LogP contribution in [0.2, 0.25) is 0 Å². The summed E-state index contributed by atoms with van der Waals surface area (Å²) >= 11 is 0. The minimum Gasteiger partial charge on any atom is -0.481 e. The quantitative estimate of drug-likeness (QED) is 0.512. The fraction of sp³-hybridized carbons (Fsp3) is 0.625. The van der Waals surface area contributed by atoms with E-state index in [4.69, 9.17) is 14.9 Å². The lowest BCUT2D eigenvalue weighted by Crippen LogP contribution is -2.21. The Labute approximate surface area is 70.7 Å². The molecule has 1 aliphatic rings. The molecule has 0 aromatic heterocycles. The maximum absolute atomic E-state index is 10.2. The van der Waals surface area contributed by atoms with E-state index in [2.05, 4.69) is 0 Å². The molecule has 0 bridgehead atoms. The molecule has 0 spiro atoms. The summed E-state index contributed by atoms with van der Waals surface area (Å²) in [5.41, 5.74) is 0. The number of carboxylic acid groups (broad SMARTS) is 1. The molecule has 0 saturated heterocycles. The standard InChI is InChI=1S/C8H12O4/c1-6-2-3-7(12-11-6)4-5-8(9)10/h2-3,6-7H,4-5H2,1H3,(H,9,10)/t6-,7-/m1/s1. The average Bonchev–Trinajstić information content (AvgIpc) is 2.03. The topological polar surface area (TPSA) is 55.8 Å². The Kier molecular flexibility index (Phi) is 3.25. The van der Waals surface area contributed by atoms with Crippen LogP contribution in [0.15, 0.2) is 12.2 Å². The van der Waals surface area contributed by atoms with Crippen LogP contribution in [0.5, 0.6) is 0 Å². The number of hydrogen-bond acceptors (Lipinski definition) is 3. The number of rotatable bonds is 3. The van der Waals surface area contributed by atoms with Crippen LogP contribution >= 0.6 is 0 Å². The van der Waals surface area contributed by atoms with Gasteiger partial charge in [-0.05, 0) is 13.3 Å². The van der Waals surface area contributed by atoms with Crippen molar-refractivity contribution in [1.29, 1.82) is 0 Å². The minimum absolute atomic E-state index is 0.0360. The molecule has 0 aromatic carbocycles. The third-order valence-electron chi connectivity index (χ3n) is 1.57. The van der Waals surface area contributed by atoms with Crippen LogP contribution in [0.4, 0.5) is 0 Å². The van der Waals surface area contributed by atoms with Crippen LogP contribution < -0.4 is 0 Å². The zero-order valence-electron chi connectivity index (χ0n) is 6.90. The maximum atomic E-state index is 10.2. The predicted molar refractivity (Wildman–Crippen MR) is 41.4 cm³/mol. The number of carbonyl (C=O) groups is 1. The van der Waals surface area contributed by atoms with E-state index >= 15 is 0 Å². The Balaban J connectivity index is 2.26. The van der Waals surface area contributed by atoms with Crippen LogP contribution in [0.25, 0.3) is 0 Å². The van der Waals surface area contributed by atoms with Gasteiger partial charge in [0.2, 0.25) is 0 Å². The van der Waals surface area contributed by atoms with E-state index in [1.54, 1.807) is 0 Å². The Morgan fingerprint density at radius 3 is 2.75 bits per heavy atom. The first kappa shape index (κ1) is 9.22. The average molecular weight is 172 g/mol. The number of carboxylic acids is 1. The third kappa shape index (κ3) is 3.02. The zero-order chi connectivity index (χ0) is 8.97. The summed E-state index contributed by atoms with van der Waals surface area (Å²) in [7, 11) is 0. The molecule has 1 N–H and O–H groups in total. The van der Waals surface area contributed by atoms with E-state index < -0.39 is 5.97 Å². The summed E-state index contributed by atoms with van der Waals surface area (Å²) in [4.78, 5) is 19.9. The smallest absolute Gasteiger partial charge is 0.303 e. The molecule has 2 atom stereocenters. The van der Waals surface area contributed by atoms with Crippen molar-refractivity contribution in [3.8, 4) is 0 Å². The van der Waals surface area contributed by atoms with Crippen LogP contribution in [0, 0.1) is 0 Å². The first-order chi connectivity index (χ1) is 5.68. The lowest BCUT2D eigenvalue weighted by atomic mass is 10.1. The Hall–Kier alpha value is -0.870. The van der Waals surface area contributed by atoms with Crippen LogP contribution in [-0.4, -0.2) is 23.3 Å². The second-order valence-electron chi connectivity index (χ2n) is 2.75. The molecular formula is C8H12O4. The summed E-state index contributed by atoms with van der Waals surface area (Å²) in [5, 5.41) is 8.38. The number of aliphatic carboxylic acids is 1. The van der Waals surface area contributed by atoms with Gasteiger partial charge in [0.1, 0.15) is 12.2 Å². The van der Waals surface area contributed by atoms with Gasteiger partial charge in [-0.1, -0.05) is 12.2 Å². The Morgan fingerprint density at radius 1 is 1.50 bits per heavy atom. The van der Waals surface area contributed by atoms with E-state index in [-0.39, 0.29) is 18.6 Å². The van der Waals surface area contributed by atoms with Crippen LogP contribution in [0.1, 0.15) is 19.8 Å². The molecule has 0 amide bonds. The normalized spacial score (nSPS) is 28.8. The van der Waals surface area contributed by atoms with Gasteiger partial charge in [-0.25, -0.2) is 9.78 Å². The van der Waals surface area contributed by atoms with Gasteiger partial charge in [0.05, 0.1) is 0 Å². The summed E-state index contributed by atoms with van der Waals surface area (Å²) in [6.45, 7) is 1.85. The Bertz CT molecular complexity index is 187. The summed E-state index contributed by atoms with van der Waals surface area (Å²) in [6, 6.07) is 0. The van der Waals surface area contributed by atoms with Crippen molar-refractivity contribution in [2.24, 2.45) is 0 Å². The van der Waals surface area contributed by atoms with Gasteiger partial charge in [0, 0.05) is 6.42 Å². The van der Waals surface area contributed by atoms with Gasteiger partial charge in [0.15, 0.2) is 0 Å². The lowest BCUT2D eigenvalue weighted by molar-refractivity contribution is -0.336. The van der Waals surface area contributed by atoms with E-state index in [0.717, 1.165) is 0 Å². The summed E-state index contributed by atoms with van der Waals surface area (Å²) < 4.78 is 0. The van der Waals surface area contributed by atoms with E-state index in [9.17, 15) is 4.79 Å². The van der Waals surface area contributed by atoms with Crippen molar-refractivity contribution >= 4 is 5.97 Å². The van der Waals surface area contributed by atoms with Crippen LogP contribution in [-0.2, 0) is 14.6 Å². The molecule has 1 aliphatic heterocycles. The highest BCUT2D eigenvalue weighted by Crippen LogP contribution is 2.12. The molecule has 0 aliphatic carbocycles. The SMILES string of the molecule is C[C@@H]1C=C[C@H](CCC(=O)O)OO1. The number of hydrogen-bond donors (Lipinski definition) is 1. The zero-order valence-corrected chi connectivity index (χ0v) is 6.90. The molecular weight excluding hydrogens is 160 g/mol. The van der Waals surface area contributed by atoms with Crippen molar-refractivity contribution in [2.75, 3.05) is 0 Å². The van der Waals surface area contributed by atoms with Crippen molar-refractivity contribution < 1.29 is 19.7 Å². The van der Waals surface area contributed by atoms with E-state index in [1.807, 2.05) is 19.1 Å². The molecule has 0 aromatic rings. The van der Waals surface area contributed by atoms with Crippen molar-refractivity contribution in [1.82, 2.24) is 0 Å². The minimum atomic E-state index is -0.814. The van der Waals surface area contributed by atoms with Crippen molar-refractivity contribution in [3.05, 3.63) is 12.2 Å². The summed E-state index contributed by atoms with van der Waals surface area (Å²) in [5.74, 6) is -0.814. The molecule has 0 unspecified atom stereocenters. The molecule has 0 fully saturated rings. The highest BCUT2D eigenvalue weighted by molar-refractivity contribution is 5.66. The second-order valence-corrected chi connectivity index (χ2v) is 2.75. The highest BCUT2D eigenvalue weighted by atomic mass is 17.2. The van der Waals surface area contributed by atoms with Gasteiger partial charge in [0.25, 0.3) is 0 Å². The molecule has 1 heterocycles. The molecule has 4 heteroatoms. The first-order valence-electron chi connectivity index (χ1n) is 3.90. The van der Waals surface area contributed by atoms with E-state index in [0.29, 0.717) is 6.42 Å². The van der Waals surface area contributed by atoms with Crippen molar-refractivity contribution in [2.45, 2.75) is 32.0 Å². The highest BCUT2D eigenvalue weighted by Gasteiger charge is 2.14. The fourth-order valence-electron chi connectivity index (χ4n) is 0.914. The molecule has 0 saturated carbocycles. The molecule has 68 valence electrons. The van der Waals surface area contributed by atoms with Gasteiger partial charge >= 0.3 is 5.97 Å². The van der Waals surface area contributed by atoms with Crippen molar-refractivity contribution in [3.63, 3.8) is 0 Å². The largest absolute Gasteiger partial charge is 0.481 e. The summed E-state index contributed by atoms with van der Waals surface area (Å²) in [6.07, 6.45) is 4.00. The van der Waals surface area contributed by atoms with E-state index in [1.165, 1.54) is 0 Å². The fourth-order valence-corrected chi connectivity index (χ4v) is 0.914. The monoisotopic (exact) mass is 172 g/mol. The van der Waals surface area contributed by atoms with Gasteiger partial charge in [-0.15, -0.1) is 0 Å². The first-order valence-corrected chi connectivity index (χ1v) is 3.90. The predicted octanol–water partition coefficient (Wildman–Crippen LogP) is 1.13. The van der Waals surface area contributed by atoms with Gasteiger partial charge in [-0.2, -0.15) is 0 Å². The van der Waals surface area contributed by atoms with Gasteiger partial charge < -0.3 is 5.11 Å². The second kappa shape index (κ2) is 4.23. The molecule has 1 rings (SSSR count). The molecule has 0 radical (unpaired) electrons. The molecule has 4 nitrogen and oxygen atoms in total. The van der Waals surface area contributed by atoms with Gasteiger partial charge in [-0.3, -0.25) is 4.79 Å². The van der Waals surface area contributed by atoms with Crippen LogP contribution in [0.3, 0.4) is 0 Å². The lowest BCUT2D eigenvalue weighted by Gasteiger charge is -2.19. The Morgan fingerprint density at radius 2 is 2.25 bits per heavy atom. The maximum Gasteiger partial charge on any atom is 0.303 e.